The Morgan fingerprint density at radius 2 is 1.77 bits per heavy atom. The monoisotopic (exact) mass is 352 g/mol. The van der Waals surface area contributed by atoms with Crippen molar-refractivity contribution in [3.63, 3.8) is 0 Å². The maximum atomic E-state index is 13.7. The van der Waals surface area contributed by atoms with Crippen molar-refractivity contribution >= 4 is 11.7 Å². The second-order valence-corrected chi connectivity index (χ2v) is 6.16. The van der Waals surface area contributed by atoms with E-state index in [2.05, 4.69) is 10.4 Å². The Morgan fingerprint density at radius 3 is 2.46 bits per heavy atom. The smallest absolute Gasteiger partial charge is 0.321 e. The Kier molecular flexibility index (Phi) is 5.02. The lowest BCUT2D eigenvalue weighted by atomic mass is 10.2. The molecule has 3 aromatic rings. The van der Waals surface area contributed by atoms with Gasteiger partial charge in [-0.1, -0.05) is 30.3 Å². The van der Waals surface area contributed by atoms with Gasteiger partial charge in [-0.15, -0.1) is 0 Å². The molecule has 1 heterocycles. The first-order chi connectivity index (χ1) is 12.5. The van der Waals surface area contributed by atoms with E-state index >= 15 is 0 Å². The van der Waals surface area contributed by atoms with Crippen LogP contribution in [0.15, 0.2) is 54.6 Å². The number of nitrogens with zero attached hydrogens (tertiary/aromatic N) is 3. The topological polar surface area (TPSA) is 50.2 Å². The van der Waals surface area contributed by atoms with Gasteiger partial charge in [0.15, 0.2) is 0 Å². The normalized spacial score (nSPS) is 10.6. The van der Waals surface area contributed by atoms with E-state index in [0.29, 0.717) is 6.54 Å². The molecule has 0 aliphatic rings. The Labute approximate surface area is 152 Å². The van der Waals surface area contributed by atoms with Gasteiger partial charge in [0.2, 0.25) is 0 Å². The molecule has 0 aliphatic carbocycles. The van der Waals surface area contributed by atoms with Gasteiger partial charge in [-0.05, 0) is 38.1 Å². The molecule has 6 heteroatoms. The van der Waals surface area contributed by atoms with Gasteiger partial charge in [0.25, 0.3) is 0 Å². The lowest BCUT2D eigenvalue weighted by molar-refractivity contribution is 0.220. The zero-order valence-electron chi connectivity index (χ0n) is 15.0. The summed E-state index contributed by atoms with van der Waals surface area (Å²) >= 11 is 0. The zero-order valence-corrected chi connectivity index (χ0v) is 15.0. The molecule has 0 aliphatic heterocycles. The number of aromatic nitrogens is 2. The Balaban J connectivity index is 1.77. The van der Waals surface area contributed by atoms with Crippen molar-refractivity contribution in [2.24, 2.45) is 0 Å². The van der Waals surface area contributed by atoms with Crippen LogP contribution in [0.4, 0.5) is 14.9 Å². The van der Waals surface area contributed by atoms with E-state index in [1.165, 1.54) is 17.0 Å². The molecule has 2 aromatic carbocycles. The number of carbonyl (C=O) groups excluding carboxylic acids is 1. The third-order valence-corrected chi connectivity index (χ3v) is 4.30. The Morgan fingerprint density at radius 1 is 1.12 bits per heavy atom. The molecule has 0 unspecified atom stereocenters. The summed E-state index contributed by atoms with van der Waals surface area (Å²) in [5.41, 5.74) is 3.94. The van der Waals surface area contributed by atoms with Crippen molar-refractivity contribution in [3.05, 3.63) is 77.4 Å². The first-order valence-corrected chi connectivity index (χ1v) is 8.34. The number of rotatable bonds is 4. The predicted molar refractivity (Wildman–Crippen MR) is 99.9 cm³/mol. The number of para-hydroxylation sites is 2. The largest absolute Gasteiger partial charge is 0.323 e. The van der Waals surface area contributed by atoms with Crippen molar-refractivity contribution in [2.75, 3.05) is 12.4 Å². The fraction of sp³-hybridized carbons (Fsp3) is 0.200. The lowest BCUT2D eigenvalue weighted by Crippen LogP contribution is -2.31. The van der Waals surface area contributed by atoms with Gasteiger partial charge in [0, 0.05) is 18.3 Å². The molecule has 1 N–H and O–H groups in total. The summed E-state index contributed by atoms with van der Waals surface area (Å²) < 4.78 is 15.6. The molecule has 5 nitrogen and oxygen atoms in total. The summed E-state index contributed by atoms with van der Waals surface area (Å²) in [6, 6.07) is 15.6. The number of halogens is 1. The molecule has 0 atom stereocenters. The van der Waals surface area contributed by atoms with Gasteiger partial charge < -0.3 is 10.2 Å². The van der Waals surface area contributed by atoms with Gasteiger partial charge in [-0.2, -0.15) is 5.10 Å². The minimum atomic E-state index is -0.460. The molecule has 134 valence electrons. The molecule has 1 aromatic heterocycles. The number of anilines is 1. The number of hydrogen-bond acceptors (Lipinski definition) is 2. The second kappa shape index (κ2) is 7.39. The molecule has 0 saturated carbocycles. The lowest BCUT2D eigenvalue weighted by Gasteiger charge is -2.18. The van der Waals surface area contributed by atoms with Gasteiger partial charge in [-0.25, -0.2) is 13.9 Å². The Bertz CT molecular complexity index is 921. The third-order valence-electron chi connectivity index (χ3n) is 4.30. The number of nitrogens with one attached hydrogen (secondary N) is 1. The van der Waals surface area contributed by atoms with Gasteiger partial charge in [-0.3, -0.25) is 0 Å². The molecule has 2 amide bonds. The molecular formula is C20H21FN4O. The summed E-state index contributed by atoms with van der Waals surface area (Å²) in [5, 5.41) is 7.18. The highest BCUT2D eigenvalue weighted by Crippen LogP contribution is 2.20. The van der Waals surface area contributed by atoms with Crippen LogP contribution in [0.2, 0.25) is 0 Å². The highest BCUT2D eigenvalue weighted by Gasteiger charge is 2.18. The highest BCUT2D eigenvalue weighted by atomic mass is 19.1. The number of amides is 2. The Hall–Kier alpha value is -3.15. The highest BCUT2D eigenvalue weighted by molar-refractivity contribution is 5.89. The minimum absolute atomic E-state index is 0.165. The number of aryl methyl sites for hydroxylation is 1. The fourth-order valence-corrected chi connectivity index (χ4v) is 2.81. The van der Waals surface area contributed by atoms with E-state index in [1.807, 2.05) is 48.9 Å². The number of urea groups is 1. The molecule has 3 rings (SSSR count). The van der Waals surface area contributed by atoms with Crippen molar-refractivity contribution in [1.82, 2.24) is 14.7 Å². The summed E-state index contributed by atoms with van der Waals surface area (Å²) in [5.74, 6) is -0.460. The standard InChI is InChI=1S/C20H21FN4O/c1-14-17(15(2)25(23-14)16-9-5-4-6-10-16)13-24(3)20(26)22-19-12-8-7-11-18(19)21/h4-12H,13H2,1-3H3,(H,22,26). The van der Waals surface area contributed by atoms with Crippen LogP contribution in [0, 0.1) is 19.7 Å². The molecule has 0 fully saturated rings. The molecule has 0 spiro atoms. The molecule has 0 saturated heterocycles. The summed E-state index contributed by atoms with van der Waals surface area (Å²) in [7, 11) is 1.68. The van der Waals surface area contributed by atoms with E-state index in [0.717, 1.165) is 22.6 Å². The molecule has 0 radical (unpaired) electrons. The quantitative estimate of drug-likeness (QED) is 0.761. The third kappa shape index (κ3) is 3.59. The maximum absolute atomic E-state index is 13.7. The first kappa shape index (κ1) is 17.7. The van der Waals surface area contributed by atoms with Crippen LogP contribution < -0.4 is 5.32 Å². The van der Waals surface area contributed by atoms with E-state index in [9.17, 15) is 9.18 Å². The van der Waals surface area contributed by atoms with Crippen LogP contribution in [-0.4, -0.2) is 27.8 Å². The number of carbonyl (C=O) groups is 1. The minimum Gasteiger partial charge on any atom is -0.323 e. The average Bonchev–Trinajstić information content (AvgIpc) is 2.92. The van der Waals surface area contributed by atoms with Crippen LogP contribution >= 0.6 is 0 Å². The molecule has 26 heavy (non-hydrogen) atoms. The van der Waals surface area contributed by atoms with E-state index in [1.54, 1.807) is 19.2 Å². The fourth-order valence-electron chi connectivity index (χ4n) is 2.81. The molecular weight excluding hydrogens is 331 g/mol. The number of benzene rings is 2. The van der Waals surface area contributed by atoms with Gasteiger partial charge >= 0.3 is 6.03 Å². The summed E-state index contributed by atoms with van der Waals surface area (Å²) in [4.78, 5) is 13.9. The SMILES string of the molecule is Cc1nn(-c2ccccc2)c(C)c1CN(C)C(=O)Nc1ccccc1F. The first-order valence-electron chi connectivity index (χ1n) is 8.34. The second-order valence-electron chi connectivity index (χ2n) is 6.16. The van der Waals surface area contributed by atoms with Crippen molar-refractivity contribution in [1.29, 1.82) is 0 Å². The van der Waals surface area contributed by atoms with Crippen molar-refractivity contribution in [2.45, 2.75) is 20.4 Å². The summed E-state index contributed by atoms with van der Waals surface area (Å²) in [6.07, 6.45) is 0. The van der Waals surface area contributed by atoms with Crippen molar-refractivity contribution < 1.29 is 9.18 Å². The zero-order chi connectivity index (χ0) is 18.7. The van der Waals surface area contributed by atoms with Crippen LogP contribution in [-0.2, 0) is 6.54 Å². The van der Waals surface area contributed by atoms with Crippen LogP contribution in [0.25, 0.3) is 5.69 Å². The van der Waals surface area contributed by atoms with Crippen LogP contribution in [0.5, 0.6) is 0 Å². The maximum Gasteiger partial charge on any atom is 0.321 e. The molecule has 0 bridgehead atoms. The average molecular weight is 352 g/mol. The predicted octanol–water partition coefficient (Wildman–Crippen LogP) is 4.29. The van der Waals surface area contributed by atoms with Crippen molar-refractivity contribution in [3.8, 4) is 5.69 Å². The van der Waals surface area contributed by atoms with Crippen LogP contribution in [0.3, 0.4) is 0 Å². The number of hydrogen-bond donors (Lipinski definition) is 1. The van der Waals surface area contributed by atoms with E-state index in [4.69, 9.17) is 0 Å². The van der Waals surface area contributed by atoms with Crippen LogP contribution in [0.1, 0.15) is 17.0 Å². The van der Waals surface area contributed by atoms with Gasteiger partial charge in [0.1, 0.15) is 5.82 Å². The van der Waals surface area contributed by atoms with E-state index < -0.39 is 5.82 Å². The van der Waals surface area contributed by atoms with Gasteiger partial charge in [0.05, 0.1) is 23.6 Å². The summed E-state index contributed by atoms with van der Waals surface area (Å²) in [6.45, 7) is 4.28. The van der Waals surface area contributed by atoms with E-state index in [-0.39, 0.29) is 11.7 Å².